The van der Waals surface area contributed by atoms with Gasteiger partial charge in [0.25, 0.3) is 0 Å². The third-order valence-corrected chi connectivity index (χ3v) is 4.45. The molecular formula is C11H19NOS. The lowest BCUT2D eigenvalue weighted by molar-refractivity contribution is -0.132. The summed E-state index contributed by atoms with van der Waals surface area (Å²) in [6, 6.07) is 0. The van der Waals surface area contributed by atoms with E-state index in [2.05, 4.69) is 18.7 Å². The molecule has 0 aromatic heterocycles. The van der Waals surface area contributed by atoms with Crippen molar-refractivity contribution in [2.75, 3.05) is 18.8 Å². The van der Waals surface area contributed by atoms with Crippen LogP contribution in [-0.2, 0) is 4.79 Å². The fourth-order valence-electron chi connectivity index (χ4n) is 1.83. The first-order chi connectivity index (χ1) is 6.58. The third-order valence-electron chi connectivity index (χ3n) is 3.08. The van der Waals surface area contributed by atoms with E-state index in [9.17, 15) is 4.79 Å². The van der Waals surface area contributed by atoms with E-state index < -0.39 is 0 Å². The van der Waals surface area contributed by atoms with Crippen LogP contribution in [-0.4, -0.2) is 34.4 Å². The molecule has 2 fully saturated rings. The van der Waals surface area contributed by atoms with Crippen molar-refractivity contribution in [3.8, 4) is 0 Å². The zero-order valence-corrected chi connectivity index (χ0v) is 9.90. The van der Waals surface area contributed by atoms with Crippen LogP contribution in [0.1, 0.15) is 33.1 Å². The maximum atomic E-state index is 11.8. The fourth-order valence-corrected chi connectivity index (χ4v) is 2.93. The van der Waals surface area contributed by atoms with Crippen molar-refractivity contribution in [2.45, 2.75) is 37.9 Å². The third kappa shape index (κ3) is 2.44. The van der Waals surface area contributed by atoms with Crippen molar-refractivity contribution >= 4 is 17.7 Å². The molecule has 1 heterocycles. The van der Waals surface area contributed by atoms with Crippen molar-refractivity contribution in [3.05, 3.63) is 0 Å². The number of carbonyl (C=O) groups is 1. The largest absolute Gasteiger partial charge is 0.342 e. The molecule has 14 heavy (non-hydrogen) atoms. The second-order valence-corrected chi connectivity index (χ2v) is 6.76. The molecule has 2 rings (SSSR count). The standard InChI is InChI=1S/C11H19NOS/c1-11(2)5-6-12(7-8-14-11)10(13)9-3-4-9/h9H,3-8H2,1-2H3. The predicted molar refractivity (Wildman–Crippen MR) is 60.5 cm³/mol. The van der Waals surface area contributed by atoms with Crippen LogP contribution >= 0.6 is 11.8 Å². The van der Waals surface area contributed by atoms with Crippen LogP contribution in [0.4, 0.5) is 0 Å². The van der Waals surface area contributed by atoms with Gasteiger partial charge in [0.1, 0.15) is 0 Å². The van der Waals surface area contributed by atoms with Crippen LogP contribution in [0.5, 0.6) is 0 Å². The smallest absolute Gasteiger partial charge is 0.225 e. The average molecular weight is 213 g/mol. The van der Waals surface area contributed by atoms with Crippen LogP contribution < -0.4 is 0 Å². The maximum absolute atomic E-state index is 11.8. The number of amides is 1. The van der Waals surface area contributed by atoms with Gasteiger partial charge in [-0.1, -0.05) is 13.8 Å². The predicted octanol–water partition coefficient (Wildman–Crippen LogP) is 2.14. The van der Waals surface area contributed by atoms with Gasteiger partial charge in [0.05, 0.1) is 0 Å². The molecule has 80 valence electrons. The Balaban J connectivity index is 1.91. The zero-order valence-electron chi connectivity index (χ0n) is 9.08. The van der Waals surface area contributed by atoms with E-state index in [4.69, 9.17) is 0 Å². The molecule has 0 spiro atoms. The minimum Gasteiger partial charge on any atom is -0.342 e. The summed E-state index contributed by atoms with van der Waals surface area (Å²) in [6.07, 6.45) is 3.40. The van der Waals surface area contributed by atoms with Gasteiger partial charge >= 0.3 is 0 Å². The van der Waals surface area contributed by atoms with Crippen LogP contribution in [0.3, 0.4) is 0 Å². The molecular weight excluding hydrogens is 194 g/mol. The molecule has 0 radical (unpaired) electrons. The molecule has 0 unspecified atom stereocenters. The molecule has 0 bridgehead atoms. The van der Waals surface area contributed by atoms with E-state index >= 15 is 0 Å². The second kappa shape index (κ2) is 3.76. The van der Waals surface area contributed by atoms with Gasteiger partial charge in [-0.05, 0) is 19.3 Å². The van der Waals surface area contributed by atoms with Gasteiger partial charge in [0.15, 0.2) is 0 Å². The van der Waals surface area contributed by atoms with Gasteiger partial charge in [-0.3, -0.25) is 4.79 Å². The maximum Gasteiger partial charge on any atom is 0.225 e. The molecule has 0 aromatic carbocycles. The Hall–Kier alpha value is -0.180. The molecule has 1 saturated carbocycles. The normalized spacial score (nSPS) is 27.1. The number of hydrogen-bond donors (Lipinski definition) is 0. The van der Waals surface area contributed by atoms with Crippen molar-refractivity contribution in [1.82, 2.24) is 4.90 Å². The van der Waals surface area contributed by atoms with Crippen LogP contribution in [0, 0.1) is 5.92 Å². The van der Waals surface area contributed by atoms with Gasteiger partial charge in [-0.2, -0.15) is 11.8 Å². The summed E-state index contributed by atoms with van der Waals surface area (Å²) in [6.45, 7) is 6.49. The van der Waals surface area contributed by atoms with Crippen LogP contribution in [0.15, 0.2) is 0 Å². The lowest BCUT2D eigenvalue weighted by atomic mass is 10.1. The first kappa shape index (κ1) is 10.3. The quantitative estimate of drug-likeness (QED) is 0.665. The van der Waals surface area contributed by atoms with Crippen molar-refractivity contribution in [1.29, 1.82) is 0 Å². The Labute approximate surface area is 90.4 Å². The number of thioether (sulfide) groups is 1. The van der Waals surface area contributed by atoms with Gasteiger partial charge in [-0.25, -0.2) is 0 Å². The molecule has 2 aliphatic rings. The van der Waals surface area contributed by atoms with E-state index in [0.717, 1.165) is 38.1 Å². The van der Waals surface area contributed by atoms with E-state index in [0.29, 0.717) is 16.6 Å². The van der Waals surface area contributed by atoms with Crippen molar-refractivity contribution in [2.24, 2.45) is 5.92 Å². The first-order valence-electron chi connectivity index (χ1n) is 5.51. The van der Waals surface area contributed by atoms with Crippen molar-refractivity contribution < 1.29 is 4.79 Å². The monoisotopic (exact) mass is 213 g/mol. The highest BCUT2D eigenvalue weighted by Crippen LogP contribution is 2.34. The second-order valence-electron chi connectivity index (χ2n) is 4.96. The topological polar surface area (TPSA) is 20.3 Å². The van der Waals surface area contributed by atoms with E-state index in [1.54, 1.807) is 0 Å². The molecule has 0 aromatic rings. The zero-order chi connectivity index (χ0) is 10.2. The highest BCUT2D eigenvalue weighted by molar-refractivity contribution is 8.00. The highest BCUT2D eigenvalue weighted by Gasteiger charge is 2.35. The Kier molecular flexibility index (Phi) is 2.78. The average Bonchev–Trinajstić information content (AvgIpc) is 2.90. The molecule has 0 N–H and O–H groups in total. The lowest BCUT2D eigenvalue weighted by Gasteiger charge is -2.22. The number of carbonyl (C=O) groups excluding carboxylic acids is 1. The van der Waals surface area contributed by atoms with E-state index in [1.807, 2.05) is 11.8 Å². The summed E-state index contributed by atoms with van der Waals surface area (Å²) in [5.74, 6) is 1.91. The van der Waals surface area contributed by atoms with Crippen LogP contribution in [0.2, 0.25) is 0 Å². The van der Waals surface area contributed by atoms with Gasteiger partial charge in [0, 0.05) is 29.5 Å². The molecule has 1 saturated heterocycles. The minimum atomic E-state index is 0.360. The molecule has 1 aliphatic heterocycles. The summed E-state index contributed by atoms with van der Waals surface area (Å²) in [4.78, 5) is 13.9. The van der Waals surface area contributed by atoms with Gasteiger partial charge in [0.2, 0.25) is 5.91 Å². The Morgan fingerprint density at radius 3 is 2.71 bits per heavy atom. The molecule has 0 atom stereocenters. The summed E-state index contributed by atoms with van der Waals surface area (Å²) in [5.41, 5.74) is 0. The van der Waals surface area contributed by atoms with Gasteiger partial charge < -0.3 is 4.90 Å². The van der Waals surface area contributed by atoms with E-state index in [1.165, 1.54) is 0 Å². The Morgan fingerprint density at radius 2 is 2.07 bits per heavy atom. The summed E-state index contributed by atoms with van der Waals surface area (Å²) in [7, 11) is 0. The SMILES string of the molecule is CC1(C)CCN(C(=O)C2CC2)CCS1. The minimum absolute atomic E-state index is 0.360. The van der Waals surface area contributed by atoms with Gasteiger partial charge in [-0.15, -0.1) is 0 Å². The highest BCUT2D eigenvalue weighted by atomic mass is 32.2. The number of rotatable bonds is 1. The van der Waals surface area contributed by atoms with E-state index in [-0.39, 0.29) is 0 Å². The number of nitrogens with zero attached hydrogens (tertiary/aromatic N) is 1. The lowest BCUT2D eigenvalue weighted by Crippen LogP contribution is -2.34. The molecule has 1 aliphatic carbocycles. The summed E-state index contributed by atoms with van der Waals surface area (Å²) >= 11 is 2.00. The summed E-state index contributed by atoms with van der Waals surface area (Å²) < 4.78 is 0.360. The Morgan fingerprint density at radius 1 is 1.36 bits per heavy atom. The molecule has 3 heteroatoms. The molecule has 1 amide bonds. The van der Waals surface area contributed by atoms with Crippen LogP contribution in [0.25, 0.3) is 0 Å². The Bertz CT molecular complexity index is 235. The first-order valence-corrected chi connectivity index (χ1v) is 6.50. The molecule has 2 nitrogen and oxygen atoms in total. The fraction of sp³-hybridized carbons (Fsp3) is 0.909. The summed E-state index contributed by atoms with van der Waals surface area (Å²) in [5, 5.41) is 0. The number of hydrogen-bond acceptors (Lipinski definition) is 2. The van der Waals surface area contributed by atoms with Crippen molar-refractivity contribution in [3.63, 3.8) is 0 Å².